The summed E-state index contributed by atoms with van der Waals surface area (Å²) in [5, 5.41) is 5.83. The van der Waals surface area contributed by atoms with Gasteiger partial charge in [0.2, 0.25) is 0 Å². The molecule has 0 bridgehead atoms. The Kier molecular flexibility index (Phi) is 6.09. The Bertz CT molecular complexity index is 681. The largest absolute Gasteiger partial charge is 0.479 e. The van der Waals surface area contributed by atoms with Gasteiger partial charge in [-0.3, -0.25) is 4.98 Å². The SMILES string of the molecule is O=C(NCC#CCOc1cccnc1)Nc1cccc(Cl)c1. The van der Waals surface area contributed by atoms with Gasteiger partial charge in [0.1, 0.15) is 12.4 Å². The maximum Gasteiger partial charge on any atom is 0.319 e. The molecule has 2 rings (SSSR count). The number of rotatable bonds is 4. The summed E-state index contributed by atoms with van der Waals surface area (Å²) in [6, 6.07) is 10.1. The second kappa shape index (κ2) is 8.55. The van der Waals surface area contributed by atoms with Crippen LogP contribution in [0.1, 0.15) is 0 Å². The summed E-state index contributed by atoms with van der Waals surface area (Å²) in [6.07, 6.45) is 3.28. The lowest BCUT2D eigenvalue weighted by molar-refractivity contribution is 0.253. The van der Waals surface area contributed by atoms with Gasteiger partial charge in [0.15, 0.2) is 0 Å². The number of hydrogen-bond acceptors (Lipinski definition) is 3. The molecule has 2 aromatic rings. The van der Waals surface area contributed by atoms with Crippen molar-refractivity contribution < 1.29 is 9.53 Å². The zero-order valence-corrected chi connectivity index (χ0v) is 12.4. The lowest BCUT2D eigenvalue weighted by atomic mass is 10.3. The molecule has 0 fully saturated rings. The number of amides is 2. The topological polar surface area (TPSA) is 63.2 Å². The molecule has 0 saturated carbocycles. The van der Waals surface area contributed by atoms with Crippen molar-refractivity contribution in [2.75, 3.05) is 18.5 Å². The lowest BCUT2D eigenvalue weighted by Crippen LogP contribution is -2.28. The van der Waals surface area contributed by atoms with Crippen LogP contribution in [0.5, 0.6) is 5.75 Å². The van der Waals surface area contributed by atoms with Crippen LogP contribution in [0, 0.1) is 11.8 Å². The van der Waals surface area contributed by atoms with Gasteiger partial charge in [-0.2, -0.15) is 0 Å². The number of aromatic nitrogens is 1. The van der Waals surface area contributed by atoms with E-state index >= 15 is 0 Å². The Morgan fingerprint density at radius 3 is 2.95 bits per heavy atom. The van der Waals surface area contributed by atoms with Crippen molar-refractivity contribution in [1.29, 1.82) is 0 Å². The Morgan fingerprint density at radius 1 is 1.27 bits per heavy atom. The van der Waals surface area contributed by atoms with E-state index in [-0.39, 0.29) is 19.2 Å². The Balaban J connectivity index is 1.66. The third kappa shape index (κ3) is 5.73. The molecule has 0 atom stereocenters. The van der Waals surface area contributed by atoms with Gasteiger partial charge in [-0.25, -0.2) is 4.79 Å². The molecule has 0 aliphatic carbocycles. The molecule has 2 N–H and O–H groups in total. The van der Waals surface area contributed by atoms with Crippen molar-refractivity contribution in [1.82, 2.24) is 10.3 Å². The highest BCUT2D eigenvalue weighted by Crippen LogP contribution is 2.14. The standard InChI is InChI=1S/C16H14ClN3O2/c17-13-5-3-6-14(11-13)20-16(21)19-9-1-2-10-22-15-7-4-8-18-12-15/h3-8,11-12H,9-10H2,(H2,19,20,21). The molecular weight excluding hydrogens is 302 g/mol. The maximum atomic E-state index is 11.6. The predicted molar refractivity (Wildman–Crippen MR) is 86.0 cm³/mol. The van der Waals surface area contributed by atoms with Gasteiger partial charge in [-0.15, -0.1) is 0 Å². The highest BCUT2D eigenvalue weighted by molar-refractivity contribution is 6.30. The summed E-state index contributed by atoms with van der Waals surface area (Å²) in [6.45, 7) is 0.464. The number of hydrogen-bond donors (Lipinski definition) is 2. The number of ether oxygens (including phenoxy) is 1. The number of benzene rings is 1. The Labute approximate surface area is 133 Å². The fourth-order valence-electron chi connectivity index (χ4n) is 1.53. The average Bonchev–Trinajstić information content (AvgIpc) is 2.52. The van der Waals surface area contributed by atoms with Crippen molar-refractivity contribution in [3.63, 3.8) is 0 Å². The Morgan fingerprint density at radius 2 is 2.18 bits per heavy atom. The number of anilines is 1. The molecule has 112 valence electrons. The van der Waals surface area contributed by atoms with Crippen LogP contribution in [0.4, 0.5) is 10.5 Å². The monoisotopic (exact) mass is 315 g/mol. The third-order valence-corrected chi connectivity index (χ3v) is 2.73. The van der Waals surface area contributed by atoms with E-state index in [1.54, 1.807) is 48.8 Å². The first kappa shape index (κ1) is 15.7. The number of pyridine rings is 1. The van der Waals surface area contributed by atoms with Crippen LogP contribution in [0.25, 0.3) is 0 Å². The van der Waals surface area contributed by atoms with Crippen LogP contribution in [0.3, 0.4) is 0 Å². The highest BCUT2D eigenvalue weighted by atomic mass is 35.5. The lowest BCUT2D eigenvalue weighted by Gasteiger charge is -2.05. The number of carbonyl (C=O) groups excluding carboxylic acids is 1. The molecule has 0 aliphatic rings. The molecular formula is C16H14ClN3O2. The van der Waals surface area contributed by atoms with E-state index in [1.165, 1.54) is 0 Å². The zero-order chi connectivity index (χ0) is 15.6. The summed E-state index contributed by atoms with van der Waals surface area (Å²) in [5.41, 5.74) is 0.623. The van der Waals surface area contributed by atoms with Crippen LogP contribution >= 0.6 is 11.6 Å². The van der Waals surface area contributed by atoms with Gasteiger partial charge >= 0.3 is 6.03 Å². The summed E-state index contributed by atoms with van der Waals surface area (Å²) in [5.74, 6) is 6.24. The first-order valence-corrected chi connectivity index (χ1v) is 6.91. The first-order chi connectivity index (χ1) is 10.7. The van der Waals surface area contributed by atoms with Gasteiger partial charge < -0.3 is 15.4 Å². The molecule has 6 heteroatoms. The molecule has 0 radical (unpaired) electrons. The minimum Gasteiger partial charge on any atom is -0.479 e. The molecule has 2 amide bonds. The molecule has 0 aliphatic heterocycles. The van der Waals surface area contributed by atoms with Crippen LogP contribution in [0.2, 0.25) is 5.02 Å². The molecule has 1 aromatic carbocycles. The van der Waals surface area contributed by atoms with E-state index in [4.69, 9.17) is 16.3 Å². The number of halogens is 1. The van der Waals surface area contributed by atoms with Crippen molar-refractivity contribution in [2.45, 2.75) is 0 Å². The second-order valence-corrected chi connectivity index (χ2v) is 4.59. The van der Waals surface area contributed by atoms with Gasteiger partial charge in [0.25, 0.3) is 0 Å². The minimum atomic E-state index is -0.343. The van der Waals surface area contributed by atoms with Crippen molar-refractivity contribution >= 4 is 23.3 Å². The maximum absolute atomic E-state index is 11.6. The average molecular weight is 316 g/mol. The predicted octanol–water partition coefficient (Wildman–Crippen LogP) is 2.94. The van der Waals surface area contributed by atoms with Crippen molar-refractivity contribution in [3.05, 3.63) is 53.8 Å². The smallest absolute Gasteiger partial charge is 0.319 e. The Hall–Kier alpha value is -2.71. The zero-order valence-electron chi connectivity index (χ0n) is 11.7. The molecule has 22 heavy (non-hydrogen) atoms. The second-order valence-electron chi connectivity index (χ2n) is 4.15. The number of carbonyl (C=O) groups is 1. The van der Waals surface area contributed by atoms with Gasteiger partial charge in [0.05, 0.1) is 12.7 Å². The fourth-order valence-corrected chi connectivity index (χ4v) is 1.72. The minimum absolute atomic E-state index is 0.225. The van der Waals surface area contributed by atoms with E-state index in [0.29, 0.717) is 16.5 Å². The van der Waals surface area contributed by atoms with E-state index in [9.17, 15) is 4.79 Å². The quantitative estimate of drug-likeness (QED) is 0.853. The van der Waals surface area contributed by atoms with Crippen LogP contribution in [0.15, 0.2) is 48.8 Å². The van der Waals surface area contributed by atoms with Crippen molar-refractivity contribution in [2.24, 2.45) is 0 Å². The van der Waals surface area contributed by atoms with Crippen LogP contribution < -0.4 is 15.4 Å². The summed E-state index contributed by atoms with van der Waals surface area (Å²) in [7, 11) is 0. The van der Waals surface area contributed by atoms with Gasteiger partial charge in [-0.1, -0.05) is 29.5 Å². The number of urea groups is 1. The van der Waals surface area contributed by atoms with E-state index < -0.39 is 0 Å². The van der Waals surface area contributed by atoms with E-state index in [0.717, 1.165) is 0 Å². The first-order valence-electron chi connectivity index (χ1n) is 6.53. The molecule has 0 saturated heterocycles. The van der Waals surface area contributed by atoms with E-state index in [1.807, 2.05) is 0 Å². The fraction of sp³-hybridized carbons (Fsp3) is 0.125. The molecule has 1 aromatic heterocycles. The molecule has 1 heterocycles. The molecule has 0 spiro atoms. The van der Waals surface area contributed by atoms with Crippen molar-refractivity contribution in [3.8, 4) is 17.6 Å². The third-order valence-electron chi connectivity index (χ3n) is 2.49. The summed E-state index contributed by atoms with van der Waals surface area (Å²) >= 11 is 5.83. The van der Waals surface area contributed by atoms with Gasteiger partial charge in [-0.05, 0) is 30.3 Å². The summed E-state index contributed by atoms with van der Waals surface area (Å²) < 4.78 is 5.34. The highest BCUT2D eigenvalue weighted by Gasteiger charge is 1.99. The van der Waals surface area contributed by atoms with E-state index in [2.05, 4.69) is 27.5 Å². The number of nitrogens with one attached hydrogen (secondary N) is 2. The van der Waals surface area contributed by atoms with Crippen LogP contribution in [-0.4, -0.2) is 24.2 Å². The summed E-state index contributed by atoms with van der Waals surface area (Å²) in [4.78, 5) is 15.5. The normalized spacial score (nSPS) is 9.32. The van der Waals surface area contributed by atoms with Gasteiger partial charge in [0, 0.05) is 16.9 Å². The molecule has 5 nitrogen and oxygen atoms in total. The van der Waals surface area contributed by atoms with Crippen LogP contribution in [-0.2, 0) is 0 Å². The molecule has 0 unspecified atom stereocenters. The number of nitrogens with zero attached hydrogens (tertiary/aromatic N) is 1.